The number of hydrogen-bond donors (Lipinski definition) is 2. The van der Waals surface area contributed by atoms with Crippen molar-refractivity contribution in [1.29, 1.82) is 0 Å². The fourth-order valence-electron chi connectivity index (χ4n) is 6.42. The summed E-state index contributed by atoms with van der Waals surface area (Å²) in [5, 5.41) is 2.52. The molecule has 236 valence electrons. The van der Waals surface area contributed by atoms with Crippen LogP contribution in [-0.4, -0.2) is 24.9 Å². The van der Waals surface area contributed by atoms with E-state index in [0.29, 0.717) is 11.4 Å². The van der Waals surface area contributed by atoms with Crippen molar-refractivity contribution in [2.24, 2.45) is 0 Å². The molecule has 0 bridgehead atoms. The lowest BCUT2D eigenvalue weighted by Gasteiger charge is -2.43. The van der Waals surface area contributed by atoms with Gasteiger partial charge in [-0.05, 0) is 53.3 Å². The smallest absolute Gasteiger partial charge is 0.261 e. The number of H-pyrrole nitrogens is 2. The Morgan fingerprint density at radius 1 is 0.674 bits per heavy atom. The second-order valence-corrected chi connectivity index (χ2v) is 17.8. The molecule has 1 aromatic heterocycles. The van der Waals surface area contributed by atoms with Crippen molar-refractivity contribution in [3.05, 3.63) is 87.0 Å². The van der Waals surface area contributed by atoms with Gasteiger partial charge in [-0.25, -0.2) is 0 Å². The van der Waals surface area contributed by atoms with Crippen LogP contribution in [0.2, 0.25) is 5.04 Å². The lowest BCUT2D eigenvalue weighted by Crippen LogP contribution is -2.66. The fourth-order valence-corrected chi connectivity index (χ4v) is 11.2. The highest BCUT2D eigenvalue weighted by Crippen LogP contribution is 2.36. The van der Waals surface area contributed by atoms with Crippen molar-refractivity contribution in [3.8, 4) is 0 Å². The SMILES string of the molecule is CCCCCCCCCCCCCCc1c(CCCO[Si](c2ccccc2)(c2ccccc2)C(C)(C)C)[nH]c(=S)[nH]c1=O. The van der Waals surface area contributed by atoms with E-state index in [9.17, 15) is 4.79 Å². The van der Waals surface area contributed by atoms with Gasteiger partial charge in [0.25, 0.3) is 13.9 Å². The first-order valence-electron chi connectivity index (χ1n) is 16.9. The third kappa shape index (κ3) is 10.7. The molecule has 0 saturated heterocycles. The van der Waals surface area contributed by atoms with Gasteiger partial charge < -0.3 is 9.41 Å². The maximum absolute atomic E-state index is 12.9. The summed E-state index contributed by atoms with van der Waals surface area (Å²) in [5.74, 6) is 0. The van der Waals surface area contributed by atoms with Gasteiger partial charge in [-0.1, -0.05) is 159 Å². The van der Waals surface area contributed by atoms with Gasteiger partial charge in [0.15, 0.2) is 4.77 Å². The number of unbranched alkanes of at least 4 members (excludes halogenated alkanes) is 11. The van der Waals surface area contributed by atoms with Gasteiger partial charge >= 0.3 is 0 Å². The predicted octanol–water partition coefficient (Wildman–Crippen LogP) is 9.19. The minimum atomic E-state index is -2.57. The molecule has 6 heteroatoms. The molecule has 0 aliphatic rings. The maximum Gasteiger partial charge on any atom is 0.261 e. The van der Waals surface area contributed by atoms with Crippen molar-refractivity contribution in [3.63, 3.8) is 0 Å². The monoisotopic (exact) mass is 620 g/mol. The molecular weight excluding hydrogens is 565 g/mol. The average molecular weight is 621 g/mol. The molecule has 4 nitrogen and oxygen atoms in total. The lowest BCUT2D eigenvalue weighted by atomic mass is 10.0. The van der Waals surface area contributed by atoms with E-state index in [-0.39, 0.29) is 10.6 Å². The van der Waals surface area contributed by atoms with E-state index in [4.69, 9.17) is 16.6 Å². The molecule has 0 aliphatic carbocycles. The minimum absolute atomic E-state index is 0.0327. The number of nitrogens with one attached hydrogen (secondary N) is 2. The average Bonchev–Trinajstić information content (AvgIpc) is 2.99. The summed E-state index contributed by atoms with van der Waals surface area (Å²) in [7, 11) is -2.57. The molecule has 0 radical (unpaired) electrons. The largest absolute Gasteiger partial charge is 0.407 e. The Balaban J connectivity index is 1.56. The minimum Gasteiger partial charge on any atom is -0.407 e. The van der Waals surface area contributed by atoms with Gasteiger partial charge in [0.1, 0.15) is 0 Å². The summed E-state index contributed by atoms with van der Waals surface area (Å²) in [5.41, 5.74) is 1.81. The van der Waals surface area contributed by atoms with Crippen molar-refractivity contribution < 1.29 is 4.43 Å². The molecule has 2 aromatic carbocycles. The van der Waals surface area contributed by atoms with E-state index >= 15 is 0 Å². The third-order valence-corrected chi connectivity index (χ3v) is 14.0. The summed E-state index contributed by atoms with van der Waals surface area (Å²) in [6, 6.07) is 21.5. The Morgan fingerprint density at radius 2 is 1.16 bits per heavy atom. The van der Waals surface area contributed by atoms with Crippen LogP contribution in [0.1, 0.15) is 122 Å². The molecule has 3 rings (SSSR count). The Hall–Kier alpha value is -2.28. The first-order valence-corrected chi connectivity index (χ1v) is 19.2. The number of aromatic nitrogens is 2. The summed E-state index contributed by atoms with van der Waals surface area (Å²) < 4.78 is 7.49. The van der Waals surface area contributed by atoms with Crippen LogP contribution in [0.3, 0.4) is 0 Å². The molecule has 1 heterocycles. The number of benzene rings is 2. The second kappa shape index (κ2) is 18.5. The van der Waals surface area contributed by atoms with Crippen LogP contribution < -0.4 is 15.9 Å². The summed E-state index contributed by atoms with van der Waals surface area (Å²) in [4.78, 5) is 19.1. The van der Waals surface area contributed by atoms with Crippen molar-refractivity contribution in [1.82, 2.24) is 9.97 Å². The molecular formula is C37H56N2O2SSi. The van der Waals surface area contributed by atoms with Crippen LogP contribution in [0.5, 0.6) is 0 Å². The van der Waals surface area contributed by atoms with Gasteiger partial charge in [0.2, 0.25) is 0 Å². The maximum atomic E-state index is 12.9. The normalized spacial score (nSPS) is 12.1. The van der Waals surface area contributed by atoms with Gasteiger partial charge in [-0.2, -0.15) is 0 Å². The fraction of sp³-hybridized carbons (Fsp3) is 0.568. The van der Waals surface area contributed by atoms with E-state index < -0.39 is 8.32 Å². The molecule has 0 atom stereocenters. The van der Waals surface area contributed by atoms with Gasteiger partial charge in [0.05, 0.1) is 0 Å². The highest BCUT2D eigenvalue weighted by Gasteiger charge is 2.49. The quantitative estimate of drug-likeness (QED) is 0.0752. The number of aryl methyl sites for hydroxylation is 1. The van der Waals surface area contributed by atoms with E-state index in [1.54, 1.807) is 0 Å². The predicted molar refractivity (Wildman–Crippen MR) is 189 cm³/mol. The number of hydrogen-bond acceptors (Lipinski definition) is 3. The number of aromatic amines is 2. The summed E-state index contributed by atoms with van der Waals surface area (Å²) in [6.07, 6.45) is 18.1. The van der Waals surface area contributed by atoms with Gasteiger partial charge in [0, 0.05) is 17.9 Å². The Labute approximate surface area is 267 Å². The highest BCUT2D eigenvalue weighted by atomic mass is 32.1. The van der Waals surface area contributed by atoms with Crippen LogP contribution >= 0.6 is 12.2 Å². The molecule has 0 aliphatic heterocycles. The molecule has 0 spiro atoms. The van der Waals surface area contributed by atoms with Crippen molar-refractivity contribution >= 4 is 30.9 Å². The molecule has 0 unspecified atom stereocenters. The topological polar surface area (TPSA) is 57.9 Å². The van der Waals surface area contributed by atoms with E-state index in [2.05, 4.69) is 98.3 Å². The van der Waals surface area contributed by atoms with E-state index in [1.807, 2.05) is 0 Å². The van der Waals surface area contributed by atoms with Crippen LogP contribution in [0.4, 0.5) is 0 Å². The molecule has 0 fully saturated rings. The Morgan fingerprint density at radius 3 is 1.65 bits per heavy atom. The second-order valence-electron chi connectivity index (χ2n) is 13.1. The Kier molecular flexibility index (Phi) is 15.1. The summed E-state index contributed by atoms with van der Waals surface area (Å²) >= 11 is 5.36. The lowest BCUT2D eigenvalue weighted by molar-refractivity contribution is 0.291. The zero-order valence-corrected chi connectivity index (χ0v) is 29.1. The van der Waals surface area contributed by atoms with Gasteiger partial charge in [-0.15, -0.1) is 0 Å². The van der Waals surface area contributed by atoms with Crippen LogP contribution in [0.25, 0.3) is 0 Å². The van der Waals surface area contributed by atoms with Crippen molar-refractivity contribution in [2.75, 3.05) is 6.61 Å². The zero-order chi connectivity index (χ0) is 31.0. The van der Waals surface area contributed by atoms with Crippen LogP contribution in [0, 0.1) is 4.77 Å². The van der Waals surface area contributed by atoms with Crippen LogP contribution in [-0.2, 0) is 17.3 Å². The van der Waals surface area contributed by atoms with Crippen LogP contribution in [0.15, 0.2) is 65.5 Å². The third-order valence-electron chi connectivity index (χ3n) is 8.72. The molecule has 0 saturated carbocycles. The van der Waals surface area contributed by atoms with Gasteiger partial charge in [-0.3, -0.25) is 9.78 Å². The Bertz CT molecular complexity index is 1260. The number of rotatable bonds is 20. The molecule has 43 heavy (non-hydrogen) atoms. The first kappa shape index (κ1) is 35.2. The molecule has 0 amide bonds. The summed E-state index contributed by atoms with van der Waals surface area (Å²) in [6.45, 7) is 9.81. The van der Waals surface area contributed by atoms with E-state index in [0.717, 1.165) is 36.9 Å². The molecule has 3 aromatic rings. The highest BCUT2D eigenvalue weighted by molar-refractivity contribution is 7.71. The molecule has 2 N–H and O–H groups in total. The first-order chi connectivity index (χ1) is 20.8. The zero-order valence-electron chi connectivity index (χ0n) is 27.3. The van der Waals surface area contributed by atoms with E-state index in [1.165, 1.54) is 81.0 Å². The standard InChI is InChI=1S/C37H56N2O2SSi/c1-5-6-7-8-9-10-11-12-13-14-15-22-28-33-34(38-36(42)39-35(33)40)29-23-30-41-43(37(2,3)4,31-24-18-16-19-25-31)32-26-20-17-21-27-32/h16-21,24-27H,5-15,22-23,28-30H2,1-4H3,(H2,38,39,40,42). The van der Waals surface area contributed by atoms with Crippen molar-refractivity contribution in [2.45, 2.75) is 129 Å².